The summed E-state index contributed by atoms with van der Waals surface area (Å²) in [5.74, 6) is -2.36. The van der Waals surface area contributed by atoms with Gasteiger partial charge in [0.2, 0.25) is 0 Å². The maximum atomic E-state index is 12.9. The molecule has 4 heteroatoms. The summed E-state index contributed by atoms with van der Waals surface area (Å²) in [6.45, 7) is 1.18. The Bertz CT molecular complexity index is 371. The van der Waals surface area contributed by atoms with E-state index in [0.29, 0.717) is 0 Å². The van der Waals surface area contributed by atoms with Crippen LogP contribution in [-0.2, 0) is 0 Å². The third-order valence-electron chi connectivity index (χ3n) is 1.59. The van der Waals surface area contributed by atoms with Crippen molar-refractivity contribution in [1.82, 2.24) is 0 Å². The molecule has 3 nitrogen and oxygen atoms in total. The van der Waals surface area contributed by atoms with Crippen LogP contribution in [0.5, 0.6) is 0 Å². The molecule has 13 heavy (non-hydrogen) atoms. The molecule has 0 saturated heterocycles. The van der Waals surface area contributed by atoms with Crippen molar-refractivity contribution in [2.45, 2.75) is 6.92 Å². The van der Waals surface area contributed by atoms with Gasteiger partial charge in [-0.2, -0.15) is 0 Å². The summed E-state index contributed by atoms with van der Waals surface area (Å²) in [4.78, 5) is 21.3. The van der Waals surface area contributed by atoms with Crippen LogP contribution in [0.25, 0.3) is 0 Å². The average molecular weight is 182 g/mol. The van der Waals surface area contributed by atoms with Crippen LogP contribution in [0.2, 0.25) is 0 Å². The molecule has 0 bridgehead atoms. The van der Waals surface area contributed by atoms with Crippen molar-refractivity contribution in [1.29, 1.82) is 0 Å². The second-order valence-corrected chi connectivity index (χ2v) is 2.56. The molecule has 1 N–H and O–H groups in total. The van der Waals surface area contributed by atoms with Crippen molar-refractivity contribution in [3.8, 4) is 0 Å². The normalized spacial score (nSPS) is 9.69. The van der Waals surface area contributed by atoms with Crippen molar-refractivity contribution in [3.63, 3.8) is 0 Å². The summed E-state index contributed by atoms with van der Waals surface area (Å²) in [5, 5.41) is 8.55. The van der Waals surface area contributed by atoms with Crippen molar-refractivity contribution in [2.75, 3.05) is 0 Å². The van der Waals surface area contributed by atoms with E-state index in [1.807, 2.05) is 0 Å². The highest BCUT2D eigenvalue weighted by molar-refractivity contribution is 5.97. The van der Waals surface area contributed by atoms with E-state index in [9.17, 15) is 14.0 Å². The van der Waals surface area contributed by atoms with E-state index >= 15 is 0 Å². The van der Waals surface area contributed by atoms with Gasteiger partial charge in [0.15, 0.2) is 5.78 Å². The van der Waals surface area contributed by atoms with Crippen molar-refractivity contribution >= 4 is 11.8 Å². The smallest absolute Gasteiger partial charge is 0.335 e. The number of ketones is 1. The van der Waals surface area contributed by atoms with Crippen LogP contribution in [0.4, 0.5) is 4.39 Å². The Morgan fingerprint density at radius 3 is 2.46 bits per heavy atom. The molecule has 68 valence electrons. The average Bonchev–Trinajstić information content (AvgIpc) is 2.04. The molecular weight excluding hydrogens is 175 g/mol. The van der Waals surface area contributed by atoms with Crippen LogP contribution >= 0.6 is 0 Å². The van der Waals surface area contributed by atoms with E-state index in [1.165, 1.54) is 6.92 Å². The molecule has 0 unspecified atom stereocenters. The van der Waals surface area contributed by atoms with Crippen molar-refractivity contribution < 1.29 is 19.1 Å². The Hall–Kier alpha value is -1.71. The predicted molar refractivity (Wildman–Crippen MR) is 43.4 cm³/mol. The van der Waals surface area contributed by atoms with Gasteiger partial charge < -0.3 is 5.11 Å². The SMILES string of the molecule is CC(=O)c1cc(C(=O)O)ccc1F. The number of carboxylic acid groups (broad SMARTS) is 1. The van der Waals surface area contributed by atoms with Gasteiger partial charge in [-0.05, 0) is 25.1 Å². The predicted octanol–water partition coefficient (Wildman–Crippen LogP) is 1.73. The van der Waals surface area contributed by atoms with Crippen LogP contribution < -0.4 is 0 Å². The number of rotatable bonds is 2. The standard InChI is InChI=1S/C9H7FO3/c1-5(11)7-4-6(9(12)13)2-3-8(7)10/h2-4H,1H3,(H,12,13). The van der Waals surface area contributed by atoms with Gasteiger partial charge in [-0.3, -0.25) is 4.79 Å². The number of hydrogen-bond donors (Lipinski definition) is 1. The zero-order chi connectivity index (χ0) is 10.0. The number of halogens is 1. The molecule has 0 aliphatic heterocycles. The summed E-state index contributed by atoms with van der Waals surface area (Å²) in [6, 6.07) is 3.12. The number of Topliss-reactive ketones (excluding diaryl/α,β-unsaturated/α-hetero) is 1. The van der Waals surface area contributed by atoms with Crippen LogP contribution in [0, 0.1) is 5.82 Å². The zero-order valence-electron chi connectivity index (χ0n) is 6.87. The monoisotopic (exact) mass is 182 g/mol. The first kappa shape index (κ1) is 9.38. The summed E-state index contributed by atoms with van der Waals surface area (Å²) in [6.07, 6.45) is 0. The van der Waals surface area contributed by atoms with Crippen LogP contribution in [0.3, 0.4) is 0 Å². The zero-order valence-corrected chi connectivity index (χ0v) is 6.87. The van der Waals surface area contributed by atoms with E-state index in [-0.39, 0.29) is 11.1 Å². The molecule has 0 atom stereocenters. The summed E-state index contributed by atoms with van der Waals surface area (Å²) >= 11 is 0. The van der Waals surface area contributed by atoms with Crippen LogP contribution in [-0.4, -0.2) is 16.9 Å². The number of aromatic carboxylic acids is 1. The highest BCUT2D eigenvalue weighted by atomic mass is 19.1. The van der Waals surface area contributed by atoms with Gasteiger partial charge in [0.25, 0.3) is 0 Å². The van der Waals surface area contributed by atoms with Crippen LogP contribution in [0.15, 0.2) is 18.2 Å². The minimum Gasteiger partial charge on any atom is -0.478 e. The maximum absolute atomic E-state index is 12.9. The lowest BCUT2D eigenvalue weighted by Crippen LogP contribution is -2.02. The van der Waals surface area contributed by atoms with Crippen LogP contribution in [0.1, 0.15) is 27.6 Å². The number of benzene rings is 1. The van der Waals surface area contributed by atoms with Gasteiger partial charge in [0.05, 0.1) is 11.1 Å². The van der Waals surface area contributed by atoms with E-state index in [4.69, 9.17) is 5.11 Å². The molecule has 0 aliphatic rings. The highest BCUT2D eigenvalue weighted by Crippen LogP contribution is 2.11. The van der Waals surface area contributed by atoms with Gasteiger partial charge >= 0.3 is 5.97 Å². The van der Waals surface area contributed by atoms with Crippen molar-refractivity contribution in [2.24, 2.45) is 0 Å². The molecule has 0 amide bonds. The lowest BCUT2D eigenvalue weighted by molar-refractivity contribution is 0.0697. The topological polar surface area (TPSA) is 54.4 Å². The van der Waals surface area contributed by atoms with Gasteiger partial charge in [-0.1, -0.05) is 0 Å². The minimum absolute atomic E-state index is 0.0911. The summed E-state index contributed by atoms with van der Waals surface area (Å²) in [7, 11) is 0. The quantitative estimate of drug-likeness (QED) is 0.708. The Kier molecular flexibility index (Phi) is 2.41. The first-order chi connectivity index (χ1) is 6.02. The number of carbonyl (C=O) groups excluding carboxylic acids is 1. The molecule has 1 aromatic carbocycles. The minimum atomic E-state index is -1.18. The fraction of sp³-hybridized carbons (Fsp3) is 0.111. The Morgan fingerprint density at radius 1 is 1.38 bits per heavy atom. The largest absolute Gasteiger partial charge is 0.478 e. The fourth-order valence-corrected chi connectivity index (χ4v) is 0.928. The molecule has 0 aliphatic carbocycles. The Morgan fingerprint density at radius 2 is 2.00 bits per heavy atom. The molecule has 0 spiro atoms. The van der Waals surface area contributed by atoms with E-state index < -0.39 is 17.6 Å². The van der Waals surface area contributed by atoms with Gasteiger partial charge in [-0.25, -0.2) is 9.18 Å². The third kappa shape index (κ3) is 1.90. The molecule has 0 aromatic heterocycles. The molecular formula is C9H7FO3. The van der Waals surface area contributed by atoms with E-state index in [2.05, 4.69) is 0 Å². The first-order valence-corrected chi connectivity index (χ1v) is 3.56. The molecule has 0 saturated carbocycles. The van der Waals surface area contributed by atoms with Crippen molar-refractivity contribution in [3.05, 3.63) is 35.1 Å². The summed E-state index contributed by atoms with van der Waals surface area (Å²) < 4.78 is 12.9. The summed E-state index contributed by atoms with van der Waals surface area (Å²) in [5.41, 5.74) is -0.286. The molecule has 0 fully saturated rings. The first-order valence-electron chi connectivity index (χ1n) is 3.56. The second-order valence-electron chi connectivity index (χ2n) is 2.56. The Balaban J connectivity index is 3.27. The number of hydrogen-bond acceptors (Lipinski definition) is 2. The lowest BCUT2D eigenvalue weighted by Gasteiger charge is -1.99. The number of carboxylic acids is 1. The molecule has 1 rings (SSSR count). The molecule has 0 radical (unpaired) electrons. The molecule has 1 aromatic rings. The molecule has 0 heterocycles. The second kappa shape index (κ2) is 3.35. The maximum Gasteiger partial charge on any atom is 0.335 e. The number of carbonyl (C=O) groups is 2. The van der Waals surface area contributed by atoms with Gasteiger partial charge in [0.1, 0.15) is 5.82 Å². The van der Waals surface area contributed by atoms with Gasteiger partial charge in [-0.15, -0.1) is 0 Å². The lowest BCUT2D eigenvalue weighted by atomic mass is 10.1. The third-order valence-corrected chi connectivity index (χ3v) is 1.59. The highest BCUT2D eigenvalue weighted by Gasteiger charge is 2.10. The fourth-order valence-electron chi connectivity index (χ4n) is 0.928. The Labute approximate surface area is 73.8 Å². The van der Waals surface area contributed by atoms with Gasteiger partial charge in [0, 0.05) is 0 Å². The van der Waals surface area contributed by atoms with E-state index in [1.54, 1.807) is 0 Å². The van der Waals surface area contributed by atoms with E-state index in [0.717, 1.165) is 18.2 Å².